The van der Waals surface area contributed by atoms with E-state index in [1.54, 1.807) is 0 Å². The Morgan fingerprint density at radius 3 is 2.37 bits per heavy atom. The molecule has 4 nitrogen and oxygen atoms in total. The summed E-state index contributed by atoms with van der Waals surface area (Å²) >= 11 is 0. The predicted octanol–water partition coefficient (Wildman–Crippen LogP) is 2.78. The van der Waals surface area contributed by atoms with Crippen molar-refractivity contribution < 1.29 is 23.0 Å². The molecule has 0 fully saturated rings. The molecule has 0 saturated carbocycles. The zero-order valence-electron chi connectivity index (χ0n) is 9.55. The summed E-state index contributed by atoms with van der Waals surface area (Å²) < 4.78 is 42.3. The normalized spacial score (nSPS) is 11.4. The molecule has 0 amide bonds. The van der Waals surface area contributed by atoms with Crippen LogP contribution in [0.1, 0.15) is 11.3 Å². The number of ether oxygens (including phenoxy) is 1. The molecule has 0 atom stereocenters. The van der Waals surface area contributed by atoms with E-state index in [0.717, 1.165) is 12.1 Å². The fourth-order valence-corrected chi connectivity index (χ4v) is 1.34. The first-order valence-electron chi connectivity index (χ1n) is 5.26. The fraction of sp³-hybridized carbons (Fsp3) is 0.167. The molecule has 0 bridgehead atoms. The second kappa shape index (κ2) is 5.23. The minimum atomic E-state index is -4.38. The molecule has 1 aromatic carbocycles. The minimum absolute atomic E-state index is 0.103. The van der Waals surface area contributed by atoms with Crippen LogP contribution < -0.4 is 4.74 Å². The van der Waals surface area contributed by atoms with Crippen LogP contribution >= 0.6 is 0 Å². The van der Waals surface area contributed by atoms with E-state index in [1.807, 2.05) is 0 Å². The van der Waals surface area contributed by atoms with Crippen molar-refractivity contribution in [3.05, 3.63) is 47.9 Å². The van der Waals surface area contributed by atoms with Gasteiger partial charge in [-0.1, -0.05) is 0 Å². The lowest BCUT2D eigenvalue weighted by Crippen LogP contribution is -2.04. The SMILES string of the molecule is OCc1cncc(Oc2ccc(C(F)(F)F)cc2)n1. The first-order valence-corrected chi connectivity index (χ1v) is 5.26. The number of nitrogens with zero attached hydrogens (tertiary/aromatic N) is 2. The molecule has 0 saturated heterocycles. The third-order valence-electron chi connectivity index (χ3n) is 2.23. The van der Waals surface area contributed by atoms with Crippen LogP contribution in [0.25, 0.3) is 0 Å². The van der Waals surface area contributed by atoms with Crippen molar-refractivity contribution in [1.29, 1.82) is 0 Å². The van der Waals surface area contributed by atoms with E-state index in [9.17, 15) is 13.2 Å². The Kier molecular flexibility index (Phi) is 3.66. The summed E-state index contributed by atoms with van der Waals surface area (Å²) in [7, 11) is 0. The molecule has 0 aliphatic rings. The summed E-state index contributed by atoms with van der Waals surface area (Å²) in [5.74, 6) is 0.309. The molecular formula is C12H9F3N2O2. The number of benzene rings is 1. The van der Waals surface area contributed by atoms with Gasteiger partial charge in [0.25, 0.3) is 0 Å². The Balaban J connectivity index is 2.15. The van der Waals surface area contributed by atoms with Crippen LogP contribution in [0.2, 0.25) is 0 Å². The van der Waals surface area contributed by atoms with Gasteiger partial charge in [-0.2, -0.15) is 13.2 Å². The number of aliphatic hydroxyl groups is 1. The van der Waals surface area contributed by atoms with E-state index in [1.165, 1.54) is 24.5 Å². The third-order valence-corrected chi connectivity index (χ3v) is 2.23. The fourth-order valence-electron chi connectivity index (χ4n) is 1.34. The van der Waals surface area contributed by atoms with Crippen LogP contribution in [0.4, 0.5) is 13.2 Å². The van der Waals surface area contributed by atoms with Gasteiger partial charge < -0.3 is 9.84 Å². The molecule has 0 aliphatic carbocycles. The van der Waals surface area contributed by atoms with Gasteiger partial charge in [0.2, 0.25) is 5.88 Å². The van der Waals surface area contributed by atoms with Gasteiger partial charge in [0, 0.05) is 0 Å². The van der Waals surface area contributed by atoms with Crippen molar-refractivity contribution in [2.75, 3.05) is 0 Å². The van der Waals surface area contributed by atoms with Crippen LogP contribution in [0.3, 0.4) is 0 Å². The van der Waals surface area contributed by atoms with E-state index >= 15 is 0 Å². The van der Waals surface area contributed by atoms with Gasteiger partial charge in [0.15, 0.2) is 0 Å². The van der Waals surface area contributed by atoms with Gasteiger partial charge >= 0.3 is 6.18 Å². The molecule has 7 heteroatoms. The zero-order valence-corrected chi connectivity index (χ0v) is 9.55. The smallest absolute Gasteiger partial charge is 0.416 e. The van der Waals surface area contributed by atoms with Crippen LogP contribution in [-0.4, -0.2) is 15.1 Å². The number of aliphatic hydroxyl groups excluding tert-OH is 1. The highest BCUT2D eigenvalue weighted by atomic mass is 19.4. The van der Waals surface area contributed by atoms with E-state index in [0.29, 0.717) is 5.69 Å². The summed E-state index contributed by atoms with van der Waals surface area (Å²) in [4.78, 5) is 7.68. The Morgan fingerprint density at radius 1 is 1.11 bits per heavy atom. The summed E-state index contributed by atoms with van der Waals surface area (Å²) in [5, 5.41) is 8.87. The first kappa shape index (κ1) is 13.3. The van der Waals surface area contributed by atoms with Crippen molar-refractivity contribution in [3.63, 3.8) is 0 Å². The highest BCUT2D eigenvalue weighted by molar-refractivity contribution is 5.31. The number of hydrogen-bond acceptors (Lipinski definition) is 4. The molecule has 19 heavy (non-hydrogen) atoms. The van der Waals surface area contributed by atoms with Crippen molar-refractivity contribution in [2.45, 2.75) is 12.8 Å². The Morgan fingerprint density at radius 2 is 1.79 bits per heavy atom. The number of hydrogen-bond donors (Lipinski definition) is 1. The molecule has 0 unspecified atom stereocenters. The summed E-state index contributed by atoms with van der Waals surface area (Å²) in [6.07, 6.45) is -1.72. The van der Waals surface area contributed by atoms with Gasteiger partial charge in [-0.3, -0.25) is 4.98 Å². The van der Waals surface area contributed by atoms with Crippen molar-refractivity contribution >= 4 is 0 Å². The van der Waals surface area contributed by atoms with Gasteiger partial charge in [0.05, 0.1) is 30.3 Å². The number of aromatic nitrogens is 2. The largest absolute Gasteiger partial charge is 0.437 e. The average Bonchev–Trinajstić information content (AvgIpc) is 2.38. The lowest BCUT2D eigenvalue weighted by Gasteiger charge is -2.08. The molecule has 0 radical (unpaired) electrons. The molecule has 2 rings (SSSR count). The molecule has 0 aliphatic heterocycles. The highest BCUT2D eigenvalue weighted by Gasteiger charge is 2.30. The second-order valence-electron chi connectivity index (χ2n) is 3.63. The average molecular weight is 270 g/mol. The molecule has 1 N–H and O–H groups in total. The van der Waals surface area contributed by atoms with Crippen molar-refractivity contribution in [2.24, 2.45) is 0 Å². The maximum absolute atomic E-state index is 12.4. The monoisotopic (exact) mass is 270 g/mol. The van der Waals surface area contributed by atoms with Crippen LogP contribution in [0, 0.1) is 0 Å². The maximum Gasteiger partial charge on any atom is 0.416 e. The highest BCUT2D eigenvalue weighted by Crippen LogP contribution is 2.31. The molecular weight excluding hydrogens is 261 g/mol. The summed E-state index contributed by atoms with van der Waals surface area (Å²) in [5.41, 5.74) is -0.445. The number of rotatable bonds is 3. The summed E-state index contributed by atoms with van der Waals surface area (Å²) in [6.45, 7) is -0.294. The number of alkyl halides is 3. The Hall–Kier alpha value is -2.15. The standard InChI is InChI=1S/C12H9F3N2O2/c13-12(14,15)8-1-3-10(4-2-8)19-11-6-16-5-9(7-18)17-11/h1-6,18H,7H2. The number of halogens is 3. The maximum atomic E-state index is 12.4. The molecule has 1 aromatic heterocycles. The minimum Gasteiger partial charge on any atom is -0.437 e. The quantitative estimate of drug-likeness (QED) is 0.931. The van der Waals surface area contributed by atoms with Crippen LogP contribution in [0.15, 0.2) is 36.7 Å². The van der Waals surface area contributed by atoms with Gasteiger partial charge in [-0.05, 0) is 24.3 Å². The van der Waals surface area contributed by atoms with E-state index < -0.39 is 11.7 Å². The summed E-state index contributed by atoms with van der Waals surface area (Å²) in [6, 6.07) is 4.21. The molecule has 2 aromatic rings. The lowest BCUT2D eigenvalue weighted by molar-refractivity contribution is -0.137. The third kappa shape index (κ3) is 3.41. The van der Waals surface area contributed by atoms with Gasteiger partial charge in [-0.15, -0.1) is 0 Å². The van der Waals surface area contributed by atoms with E-state index in [-0.39, 0.29) is 18.2 Å². The zero-order chi connectivity index (χ0) is 13.9. The molecule has 1 heterocycles. The Bertz CT molecular complexity index is 556. The molecule has 0 spiro atoms. The van der Waals surface area contributed by atoms with Gasteiger partial charge in [0.1, 0.15) is 5.75 Å². The second-order valence-corrected chi connectivity index (χ2v) is 3.63. The van der Waals surface area contributed by atoms with E-state index in [2.05, 4.69) is 9.97 Å². The van der Waals surface area contributed by atoms with Crippen molar-refractivity contribution in [3.8, 4) is 11.6 Å². The predicted molar refractivity (Wildman–Crippen MR) is 59.5 cm³/mol. The van der Waals surface area contributed by atoms with Crippen molar-refractivity contribution in [1.82, 2.24) is 9.97 Å². The Labute approximate surface area is 106 Å². The lowest BCUT2D eigenvalue weighted by atomic mass is 10.2. The first-order chi connectivity index (χ1) is 8.99. The van der Waals surface area contributed by atoms with Crippen LogP contribution in [0.5, 0.6) is 11.6 Å². The van der Waals surface area contributed by atoms with E-state index in [4.69, 9.17) is 9.84 Å². The van der Waals surface area contributed by atoms with Crippen LogP contribution in [-0.2, 0) is 12.8 Å². The topological polar surface area (TPSA) is 55.2 Å². The van der Waals surface area contributed by atoms with Gasteiger partial charge in [-0.25, -0.2) is 4.98 Å². The molecule has 100 valence electrons.